The quantitative estimate of drug-likeness (QED) is 0.924. The van der Waals surface area contributed by atoms with Crippen LogP contribution < -0.4 is 4.74 Å². The summed E-state index contributed by atoms with van der Waals surface area (Å²) in [6.45, 7) is -0.792. The van der Waals surface area contributed by atoms with Gasteiger partial charge in [-0.3, -0.25) is 4.79 Å². The van der Waals surface area contributed by atoms with Gasteiger partial charge in [-0.2, -0.15) is 8.78 Å². The molecular formula is C14H16F2O4. The summed E-state index contributed by atoms with van der Waals surface area (Å²) in [7, 11) is 0. The smallest absolute Gasteiger partial charge is 0.387 e. The second kappa shape index (κ2) is 5.75. The maximum atomic E-state index is 12.6. The molecule has 6 heteroatoms. The maximum Gasteiger partial charge on any atom is 0.387 e. The van der Waals surface area contributed by atoms with Gasteiger partial charge in [-0.25, -0.2) is 0 Å². The first-order valence-corrected chi connectivity index (χ1v) is 6.33. The van der Waals surface area contributed by atoms with E-state index in [1.165, 1.54) is 0 Å². The minimum absolute atomic E-state index is 0.0354. The minimum atomic E-state index is -2.99. The number of carboxylic acid groups (broad SMARTS) is 1. The van der Waals surface area contributed by atoms with Crippen LogP contribution in [0, 0.1) is 6.92 Å². The third-order valence-electron chi connectivity index (χ3n) is 3.69. The van der Waals surface area contributed by atoms with Crippen molar-refractivity contribution in [2.75, 3.05) is 13.2 Å². The standard InChI is InChI=1S/C14H16F2O4/c1-9-3-2-4-10(11(9)20-13(15)16)14(12(17)18)5-7-19-8-6-14/h2-4,13H,5-8H2,1H3,(H,17,18). The van der Waals surface area contributed by atoms with Gasteiger partial charge in [0.15, 0.2) is 0 Å². The van der Waals surface area contributed by atoms with Crippen molar-refractivity contribution in [1.29, 1.82) is 0 Å². The van der Waals surface area contributed by atoms with Crippen LogP contribution in [0.5, 0.6) is 5.75 Å². The molecule has 1 fully saturated rings. The van der Waals surface area contributed by atoms with Crippen LogP contribution in [0.4, 0.5) is 8.78 Å². The van der Waals surface area contributed by atoms with Gasteiger partial charge in [0.25, 0.3) is 0 Å². The maximum absolute atomic E-state index is 12.6. The minimum Gasteiger partial charge on any atom is -0.481 e. The van der Waals surface area contributed by atoms with Crippen LogP contribution in [0.1, 0.15) is 24.0 Å². The van der Waals surface area contributed by atoms with Crippen LogP contribution in [0.3, 0.4) is 0 Å². The molecule has 0 radical (unpaired) electrons. The molecule has 1 saturated heterocycles. The molecule has 1 N–H and O–H groups in total. The van der Waals surface area contributed by atoms with Gasteiger partial charge in [-0.05, 0) is 25.3 Å². The number of rotatable bonds is 4. The van der Waals surface area contributed by atoms with E-state index in [1.54, 1.807) is 25.1 Å². The van der Waals surface area contributed by atoms with E-state index in [0.717, 1.165) is 0 Å². The molecule has 0 atom stereocenters. The zero-order valence-electron chi connectivity index (χ0n) is 11.1. The summed E-state index contributed by atoms with van der Waals surface area (Å²) in [5.41, 5.74) is -0.433. The first kappa shape index (κ1) is 14.7. The average molecular weight is 286 g/mol. The number of aliphatic carboxylic acids is 1. The fourth-order valence-corrected chi connectivity index (χ4v) is 2.59. The van der Waals surface area contributed by atoms with Gasteiger partial charge in [-0.1, -0.05) is 18.2 Å². The second-order valence-corrected chi connectivity index (χ2v) is 4.83. The van der Waals surface area contributed by atoms with E-state index in [1.807, 2.05) is 0 Å². The van der Waals surface area contributed by atoms with Crippen molar-refractivity contribution >= 4 is 5.97 Å². The first-order valence-electron chi connectivity index (χ1n) is 6.33. The Bertz CT molecular complexity index is 496. The van der Waals surface area contributed by atoms with E-state index in [4.69, 9.17) is 4.74 Å². The van der Waals surface area contributed by atoms with Crippen LogP contribution in [0.25, 0.3) is 0 Å². The number of alkyl halides is 2. The zero-order valence-corrected chi connectivity index (χ0v) is 11.1. The first-order chi connectivity index (χ1) is 9.47. The second-order valence-electron chi connectivity index (χ2n) is 4.83. The highest BCUT2D eigenvalue weighted by atomic mass is 19.3. The Morgan fingerprint density at radius 1 is 1.40 bits per heavy atom. The van der Waals surface area contributed by atoms with E-state index in [9.17, 15) is 18.7 Å². The Labute approximate surface area is 115 Å². The topological polar surface area (TPSA) is 55.8 Å². The van der Waals surface area contributed by atoms with Gasteiger partial charge >= 0.3 is 12.6 Å². The summed E-state index contributed by atoms with van der Waals surface area (Å²) in [6.07, 6.45) is 0.483. The van der Waals surface area contributed by atoms with Crippen molar-refractivity contribution < 1.29 is 28.2 Å². The number of hydrogen-bond acceptors (Lipinski definition) is 3. The van der Waals surface area contributed by atoms with Gasteiger partial charge < -0.3 is 14.6 Å². The van der Waals surface area contributed by atoms with Gasteiger partial charge in [-0.15, -0.1) is 0 Å². The molecule has 2 rings (SSSR count). The summed E-state index contributed by atoms with van der Waals surface area (Å²) in [5.74, 6) is -1.07. The molecular weight excluding hydrogens is 270 g/mol. The molecule has 0 aliphatic carbocycles. The van der Waals surface area contributed by atoms with Gasteiger partial charge in [0.1, 0.15) is 11.2 Å². The summed E-state index contributed by atoms with van der Waals surface area (Å²) >= 11 is 0. The Hall–Kier alpha value is -1.69. The molecule has 1 aliphatic heterocycles. The lowest BCUT2D eigenvalue weighted by molar-refractivity contribution is -0.148. The number of para-hydroxylation sites is 1. The molecule has 0 unspecified atom stereocenters. The molecule has 1 aliphatic rings. The number of carbonyl (C=O) groups is 1. The third kappa shape index (κ3) is 2.60. The van der Waals surface area contributed by atoms with Gasteiger partial charge in [0.05, 0.1) is 0 Å². The molecule has 0 saturated carbocycles. The monoisotopic (exact) mass is 286 g/mol. The number of benzene rings is 1. The van der Waals surface area contributed by atoms with Crippen LogP contribution in [-0.4, -0.2) is 30.9 Å². The van der Waals surface area contributed by atoms with Crippen molar-refractivity contribution in [3.63, 3.8) is 0 Å². The van der Waals surface area contributed by atoms with Crippen molar-refractivity contribution in [3.05, 3.63) is 29.3 Å². The average Bonchev–Trinajstić information content (AvgIpc) is 2.41. The Morgan fingerprint density at radius 3 is 2.60 bits per heavy atom. The zero-order chi connectivity index (χ0) is 14.8. The fraction of sp³-hybridized carbons (Fsp3) is 0.500. The number of halogens is 2. The van der Waals surface area contributed by atoms with E-state index in [0.29, 0.717) is 11.1 Å². The number of hydrogen-bond donors (Lipinski definition) is 1. The highest BCUT2D eigenvalue weighted by Crippen LogP contribution is 2.42. The van der Waals surface area contributed by atoms with E-state index in [2.05, 4.69) is 4.74 Å². The molecule has 0 aromatic heterocycles. The predicted molar refractivity (Wildman–Crippen MR) is 67.2 cm³/mol. The molecule has 1 aromatic rings. The third-order valence-corrected chi connectivity index (χ3v) is 3.69. The Morgan fingerprint density at radius 2 is 2.05 bits per heavy atom. The van der Waals surface area contributed by atoms with Crippen LogP contribution in [0.15, 0.2) is 18.2 Å². The number of ether oxygens (including phenoxy) is 2. The van der Waals surface area contributed by atoms with E-state index >= 15 is 0 Å². The lowest BCUT2D eigenvalue weighted by atomic mass is 9.73. The van der Waals surface area contributed by atoms with Crippen molar-refractivity contribution in [3.8, 4) is 5.75 Å². The SMILES string of the molecule is Cc1cccc(C2(C(=O)O)CCOCC2)c1OC(F)F. The van der Waals surface area contributed by atoms with Crippen molar-refractivity contribution in [2.24, 2.45) is 0 Å². The molecule has 0 amide bonds. The normalized spacial score (nSPS) is 18.0. The van der Waals surface area contributed by atoms with Gasteiger partial charge in [0, 0.05) is 18.8 Å². The van der Waals surface area contributed by atoms with E-state index in [-0.39, 0.29) is 31.8 Å². The fourth-order valence-electron chi connectivity index (χ4n) is 2.59. The predicted octanol–water partition coefficient (Wildman–Crippen LogP) is 2.73. The highest BCUT2D eigenvalue weighted by Gasteiger charge is 2.44. The summed E-state index contributed by atoms with van der Waals surface area (Å²) < 4.78 is 34.9. The van der Waals surface area contributed by atoms with E-state index < -0.39 is 18.0 Å². The molecule has 0 spiro atoms. The van der Waals surface area contributed by atoms with Crippen LogP contribution >= 0.6 is 0 Å². The van der Waals surface area contributed by atoms with Crippen LogP contribution in [-0.2, 0) is 14.9 Å². The lowest BCUT2D eigenvalue weighted by Crippen LogP contribution is -2.41. The molecule has 110 valence electrons. The Balaban J connectivity index is 2.53. The molecule has 0 bridgehead atoms. The lowest BCUT2D eigenvalue weighted by Gasteiger charge is -2.35. The van der Waals surface area contributed by atoms with Crippen molar-refractivity contribution in [1.82, 2.24) is 0 Å². The van der Waals surface area contributed by atoms with Gasteiger partial charge in [0.2, 0.25) is 0 Å². The number of carboxylic acids is 1. The summed E-state index contributed by atoms with van der Waals surface area (Å²) in [6, 6.07) is 4.82. The van der Waals surface area contributed by atoms with Crippen LogP contribution in [0.2, 0.25) is 0 Å². The largest absolute Gasteiger partial charge is 0.481 e. The molecule has 20 heavy (non-hydrogen) atoms. The highest BCUT2D eigenvalue weighted by molar-refractivity contribution is 5.83. The van der Waals surface area contributed by atoms with Crippen molar-refractivity contribution in [2.45, 2.75) is 31.8 Å². The number of aryl methyl sites for hydroxylation is 1. The Kier molecular flexibility index (Phi) is 4.23. The summed E-state index contributed by atoms with van der Waals surface area (Å²) in [4.78, 5) is 11.7. The molecule has 1 aromatic carbocycles. The molecule has 4 nitrogen and oxygen atoms in total. The summed E-state index contributed by atoms with van der Waals surface area (Å²) in [5, 5.41) is 9.59. The molecule has 1 heterocycles.